The van der Waals surface area contributed by atoms with Crippen LogP contribution < -0.4 is 10.6 Å². The topological polar surface area (TPSA) is 29.3 Å². The van der Waals surface area contributed by atoms with Gasteiger partial charge in [-0.25, -0.2) is 0 Å². The molecule has 104 valence electrons. The summed E-state index contributed by atoms with van der Waals surface area (Å²) < 4.78 is 0. The standard InChI is InChI=1S/C16H24N2S/c1-11(2)13-6-8-18(9-7-13)14-4-5-15(16(17)19)12(3)10-14/h4-5,10-11,13H,6-9H2,1-3H3,(H2,17,19). The maximum atomic E-state index is 5.71. The predicted octanol–water partition coefficient (Wildman–Crippen LogP) is 3.50. The van der Waals surface area contributed by atoms with E-state index in [9.17, 15) is 0 Å². The molecule has 0 unspecified atom stereocenters. The molecule has 0 aliphatic carbocycles. The second kappa shape index (κ2) is 5.91. The summed E-state index contributed by atoms with van der Waals surface area (Å²) in [5.41, 5.74) is 9.19. The molecule has 0 radical (unpaired) electrons. The van der Waals surface area contributed by atoms with Crippen molar-refractivity contribution in [1.82, 2.24) is 0 Å². The fourth-order valence-electron chi connectivity index (χ4n) is 2.95. The average molecular weight is 276 g/mol. The van der Waals surface area contributed by atoms with Crippen molar-refractivity contribution in [2.75, 3.05) is 18.0 Å². The van der Waals surface area contributed by atoms with Crippen LogP contribution in [0.2, 0.25) is 0 Å². The summed E-state index contributed by atoms with van der Waals surface area (Å²) in [6, 6.07) is 6.42. The van der Waals surface area contributed by atoms with Crippen molar-refractivity contribution in [2.45, 2.75) is 33.6 Å². The van der Waals surface area contributed by atoms with E-state index in [0.29, 0.717) is 4.99 Å². The summed E-state index contributed by atoms with van der Waals surface area (Å²) in [6.07, 6.45) is 2.60. The minimum absolute atomic E-state index is 0.488. The smallest absolute Gasteiger partial charge is 0.104 e. The van der Waals surface area contributed by atoms with Gasteiger partial charge in [-0.05, 0) is 55.4 Å². The first-order valence-electron chi connectivity index (χ1n) is 7.14. The molecular weight excluding hydrogens is 252 g/mol. The van der Waals surface area contributed by atoms with Crippen LogP contribution in [0.3, 0.4) is 0 Å². The number of hydrogen-bond acceptors (Lipinski definition) is 2. The van der Waals surface area contributed by atoms with E-state index in [1.807, 2.05) is 0 Å². The molecule has 0 bridgehead atoms. The molecule has 1 saturated heterocycles. The van der Waals surface area contributed by atoms with E-state index < -0.39 is 0 Å². The number of hydrogen-bond donors (Lipinski definition) is 1. The summed E-state index contributed by atoms with van der Waals surface area (Å²) in [4.78, 5) is 2.97. The van der Waals surface area contributed by atoms with Crippen LogP contribution in [-0.2, 0) is 0 Å². The van der Waals surface area contributed by atoms with Crippen LogP contribution >= 0.6 is 12.2 Å². The van der Waals surface area contributed by atoms with Crippen LogP contribution in [0.4, 0.5) is 5.69 Å². The minimum Gasteiger partial charge on any atom is -0.389 e. The zero-order valence-corrected chi connectivity index (χ0v) is 13.0. The Bertz CT molecular complexity index is 460. The normalized spacial score (nSPS) is 16.9. The van der Waals surface area contributed by atoms with Gasteiger partial charge >= 0.3 is 0 Å². The number of piperidine rings is 1. The lowest BCUT2D eigenvalue weighted by molar-refractivity contribution is 0.311. The second-order valence-electron chi connectivity index (χ2n) is 5.93. The Kier molecular flexibility index (Phi) is 4.46. The molecule has 1 fully saturated rings. The van der Waals surface area contributed by atoms with Gasteiger partial charge < -0.3 is 10.6 Å². The number of benzene rings is 1. The van der Waals surface area contributed by atoms with Gasteiger partial charge in [0.05, 0.1) is 0 Å². The van der Waals surface area contributed by atoms with Crippen molar-refractivity contribution >= 4 is 22.9 Å². The van der Waals surface area contributed by atoms with E-state index in [0.717, 1.165) is 30.5 Å². The fourth-order valence-corrected chi connectivity index (χ4v) is 3.17. The SMILES string of the molecule is Cc1cc(N2CCC(C(C)C)CC2)ccc1C(N)=S. The second-order valence-corrected chi connectivity index (χ2v) is 6.37. The minimum atomic E-state index is 0.488. The number of nitrogens with zero attached hydrogens (tertiary/aromatic N) is 1. The van der Waals surface area contributed by atoms with Crippen molar-refractivity contribution in [2.24, 2.45) is 17.6 Å². The Morgan fingerprint density at radius 1 is 1.32 bits per heavy atom. The quantitative estimate of drug-likeness (QED) is 0.857. The highest BCUT2D eigenvalue weighted by molar-refractivity contribution is 7.80. The average Bonchev–Trinajstić information content (AvgIpc) is 2.38. The van der Waals surface area contributed by atoms with E-state index in [-0.39, 0.29) is 0 Å². The van der Waals surface area contributed by atoms with Crippen LogP contribution in [0.15, 0.2) is 18.2 Å². The van der Waals surface area contributed by atoms with Crippen LogP contribution in [0, 0.1) is 18.8 Å². The van der Waals surface area contributed by atoms with Crippen LogP contribution in [-0.4, -0.2) is 18.1 Å². The molecule has 0 spiro atoms. The third kappa shape index (κ3) is 3.27. The molecule has 0 amide bonds. The van der Waals surface area contributed by atoms with Gasteiger partial charge in [-0.1, -0.05) is 26.1 Å². The van der Waals surface area contributed by atoms with Crippen molar-refractivity contribution < 1.29 is 0 Å². The lowest BCUT2D eigenvalue weighted by atomic mass is 9.86. The predicted molar refractivity (Wildman–Crippen MR) is 86.8 cm³/mol. The molecule has 2 nitrogen and oxygen atoms in total. The zero-order valence-electron chi connectivity index (χ0n) is 12.1. The molecule has 1 aromatic rings. The molecule has 0 aromatic heterocycles. The third-order valence-electron chi connectivity index (χ3n) is 4.32. The van der Waals surface area contributed by atoms with Crippen LogP contribution in [0.5, 0.6) is 0 Å². The van der Waals surface area contributed by atoms with E-state index in [4.69, 9.17) is 18.0 Å². The Hall–Kier alpha value is -1.09. The third-order valence-corrected chi connectivity index (χ3v) is 4.54. The van der Waals surface area contributed by atoms with Crippen molar-refractivity contribution in [3.05, 3.63) is 29.3 Å². The van der Waals surface area contributed by atoms with Gasteiger partial charge in [-0.3, -0.25) is 0 Å². The van der Waals surface area contributed by atoms with Gasteiger partial charge in [0, 0.05) is 24.3 Å². The Balaban J connectivity index is 2.08. The van der Waals surface area contributed by atoms with Gasteiger partial charge in [-0.15, -0.1) is 0 Å². The van der Waals surface area contributed by atoms with Crippen LogP contribution in [0.1, 0.15) is 37.8 Å². The van der Waals surface area contributed by atoms with Gasteiger partial charge in [-0.2, -0.15) is 0 Å². The zero-order chi connectivity index (χ0) is 14.0. The number of nitrogens with two attached hydrogens (primary N) is 1. The van der Waals surface area contributed by atoms with E-state index in [1.54, 1.807) is 0 Å². The summed E-state index contributed by atoms with van der Waals surface area (Å²) in [5, 5.41) is 0. The molecule has 19 heavy (non-hydrogen) atoms. The molecular formula is C16H24N2S. The highest BCUT2D eigenvalue weighted by Crippen LogP contribution is 2.28. The summed E-state index contributed by atoms with van der Waals surface area (Å²) >= 11 is 5.06. The van der Waals surface area contributed by atoms with Gasteiger partial charge in [0.1, 0.15) is 4.99 Å². The molecule has 3 heteroatoms. The highest BCUT2D eigenvalue weighted by Gasteiger charge is 2.21. The van der Waals surface area contributed by atoms with E-state index >= 15 is 0 Å². The number of thiocarbonyl (C=S) groups is 1. The van der Waals surface area contributed by atoms with Gasteiger partial charge in [0.2, 0.25) is 0 Å². The molecule has 1 aromatic carbocycles. The van der Waals surface area contributed by atoms with E-state index in [2.05, 4.69) is 43.9 Å². The highest BCUT2D eigenvalue weighted by atomic mass is 32.1. The monoisotopic (exact) mass is 276 g/mol. The summed E-state index contributed by atoms with van der Waals surface area (Å²) in [6.45, 7) is 9.07. The van der Waals surface area contributed by atoms with Gasteiger partial charge in [0.15, 0.2) is 0 Å². The first-order valence-corrected chi connectivity index (χ1v) is 7.55. The fraction of sp³-hybridized carbons (Fsp3) is 0.562. The first kappa shape index (κ1) is 14.3. The van der Waals surface area contributed by atoms with Gasteiger partial charge in [0.25, 0.3) is 0 Å². The van der Waals surface area contributed by atoms with Crippen molar-refractivity contribution in [1.29, 1.82) is 0 Å². The lowest BCUT2D eigenvalue weighted by Gasteiger charge is -2.35. The molecule has 0 saturated carbocycles. The van der Waals surface area contributed by atoms with Crippen molar-refractivity contribution in [3.63, 3.8) is 0 Å². The number of aryl methyl sites for hydroxylation is 1. The molecule has 0 atom stereocenters. The summed E-state index contributed by atoms with van der Waals surface area (Å²) in [7, 11) is 0. The maximum absolute atomic E-state index is 5.71. The molecule has 1 aliphatic rings. The molecule has 2 rings (SSSR count). The summed E-state index contributed by atoms with van der Waals surface area (Å²) in [5.74, 6) is 1.69. The van der Waals surface area contributed by atoms with E-state index in [1.165, 1.54) is 24.1 Å². The number of rotatable bonds is 3. The molecule has 1 heterocycles. The lowest BCUT2D eigenvalue weighted by Crippen LogP contribution is -2.35. The Labute approximate surface area is 122 Å². The van der Waals surface area contributed by atoms with Crippen LogP contribution in [0.25, 0.3) is 0 Å². The Morgan fingerprint density at radius 2 is 1.95 bits per heavy atom. The maximum Gasteiger partial charge on any atom is 0.104 e. The Morgan fingerprint density at radius 3 is 2.42 bits per heavy atom. The number of anilines is 1. The molecule has 1 aliphatic heterocycles. The molecule has 2 N–H and O–H groups in total. The van der Waals surface area contributed by atoms with Crippen molar-refractivity contribution in [3.8, 4) is 0 Å². The largest absolute Gasteiger partial charge is 0.389 e. The first-order chi connectivity index (χ1) is 8.99.